The van der Waals surface area contributed by atoms with Gasteiger partial charge < -0.3 is 19.5 Å². The third-order valence-electron chi connectivity index (χ3n) is 4.31. The summed E-state index contributed by atoms with van der Waals surface area (Å²) in [4.78, 5) is 28.2. The molecule has 1 aromatic rings. The summed E-state index contributed by atoms with van der Waals surface area (Å²) in [5.74, 6) is -0.224. The number of nitrogens with one attached hydrogen (secondary N) is 1. The Labute approximate surface area is 165 Å². The number of carbonyl (C=O) groups is 2. The van der Waals surface area contributed by atoms with Gasteiger partial charge in [0.05, 0.1) is 32.1 Å². The van der Waals surface area contributed by atoms with Crippen LogP contribution >= 0.6 is 0 Å². The van der Waals surface area contributed by atoms with Crippen LogP contribution in [0.25, 0.3) is 0 Å². The molecule has 0 fully saturated rings. The Morgan fingerprint density at radius 3 is 2.61 bits per heavy atom. The summed E-state index contributed by atoms with van der Waals surface area (Å²) in [7, 11) is 2.89. The van der Waals surface area contributed by atoms with E-state index in [1.807, 2.05) is 6.08 Å². The van der Waals surface area contributed by atoms with E-state index in [0.29, 0.717) is 23.6 Å². The SMILES string of the molecule is CCOC(=O)CN=C1C=C(Nc2ccc(OC)cc2C(=O)OC)CC(C)(C)C1. The van der Waals surface area contributed by atoms with Gasteiger partial charge in [-0.2, -0.15) is 0 Å². The highest BCUT2D eigenvalue weighted by atomic mass is 16.5. The number of carbonyl (C=O) groups excluding carboxylic acids is 2. The predicted octanol–water partition coefficient (Wildman–Crippen LogP) is 3.60. The van der Waals surface area contributed by atoms with Crippen LogP contribution < -0.4 is 10.1 Å². The second-order valence-electron chi connectivity index (χ2n) is 7.33. The number of anilines is 1. The Balaban J connectivity index is 2.29. The topological polar surface area (TPSA) is 86.2 Å². The van der Waals surface area contributed by atoms with Crippen LogP contribution in [0.2, 0.25) is 0 Å². The molecule has 0 aromatic heterocycles. The summed E-state index contributed by atoms with van der Waals surface area (Å²) < 4.78 is 15.0. The average Bonchev–Trinajstić information content (AvgIpc) is 2.65. The van der Waals surface area contributed by atoms with E-state index in [0.717, 1.165) is 24.3 Å². The molecular weight excluding hydrogens is 360 g/mol. The van der Waals surface area contributed by atoms with Crippen molar-refractivity contribution in [1.82, 2.24) is 0 Å². The molecule has 0 radical (unpaired) electrons. The Kier molecular flexibility index (Phi) is 7.20. The normalized spacial score (nSPS) is 16.9. The number of rotatable bonds is 7. The van der Waals surface area contributed by atoms with Crippen LogP contribution in [0.4, 0.5) is 5.69 Å². The molecule has 1 aliphatic rings. The lowest BCUT2D eigenvalue weighted by molar-refractivity contribution is -0.141. The van der Waals surface area contributed by atoms with Crippen molar-refractivity contribution in [3.8, 4) is 5.75 Å². The second-order valence-corrected chi connectivity index (χ2v) is 7.33. The number of ether oxygens (including phenoxy) is 3. The molecule has 0 heterocycles. The zero-order valence-corrected chi connectivity index (χ0v) is 17.1. The van der Waals surface area contributed by atoms with Crippen LogP contribution in [-0.2, 0) is 14.3 Å². The van der Waals surface area contributed by atoms with E-state index < -0.39 is 5.97 Å². The number of nitrogens with zero attached hydrogens (tertiary/aromatic N) is 1. The lowest BCUT2D eigenvalue weighted by Crippen LogP contribution is -2.25. The van der Waals surface area contributed by atoms with Crippen LogP contribution in [0.5, 0.6) is 5.75 Å². The number of aliphatic imine (C=N–C) groups is 1. The summed E-state index contributed by atoms with van der Waals surface area (Å²) in [6.45, 7) is 6.38. The molecule has 2 rings (SSSR count). The maximum absolute atomic E-state index is 12.2. The lowest BCUT2D eigenvalue weighted by Gasteiger charge is -2.31. The third-order valence-corrected chi connectivity index (χ3v) is 4.31. The van der Waals surface area contributed by atoms with E-state index in [4.69, 9.17) is 14.2 Å². The van der Waals surface area contributed by atoms with Crippen LogP contribution in [0.1, 0.15) is 44.0 Å². The molecule has 0 saturated carbocycles. The maximum Gasteiger partial charge on any atom is 0.340 e. The van der Waals surface area contributed by atoms with Crippen LogP contribution in [0, 0.1) is 5.41 Å². The molecule has 0 atom stereocenters. The number of esters is 2. The maximum atomic E-state index is 12.2. The van der Waals surface area contributed by atoms with Gasteiger partial charge in [0.25, 0.3) is 0 Å². The Hall–Kier alpha value is -2.83. The number of benzene rings is 1. The van der Waals surface area contributed by atoms with Gasteiger partial charge in [0.15, 0.2) is 0 Å². The van der Waals surface area contributed by atoms with Gasteiger partial charge in [0.1, 0.15) is 12.3 Å². The quantitative estimate of drug-likeness (QED) is 0.718. The van der Waals surface area contributed by atoms with Crippen molar-refractivity contribution in [2.45, 2.75) is 33.6 Å². The number of allylic oxidation sites excluding steroid dienone is 2. The molecule has 28 heavy (non-hydrogen) atoms. The standard InChI is InChI=1S/C21H28N2O5/c1-6-28-19(24)13-22-14-9-15(12-21(2,3)11-14)23-18-8-7-16(26-4)10-17(18)20(25)27-5/h7-10,23H,6,11-13H2,1-5H3. The highest BCUT2D eigenvalue weighted by Gasteiger charge is 2.27. The van der Waals surface area contributed by atoms with Crippen LogP contribution in [-0.4, -0.2) is 45.0 Å². The fourth-order valence-electron chi connectivity index (χ4n) is 3.14. The highest BCUT2D eigenvalue weighted by molar-refractivity contribution is 5.99. The molecule has 1 N–H and O–H groups in total. The van der Waals surface area contributed by atoms with E-state index in [1.165, 1.54) is 7.11 Å². The van der Waals surface area contributed by atoms with Crippen molar-refractivity contribution in [2.75, 3.05) is 32.7 Å². The van der Waals surface area contributed by atoms with Gasteiger partial charge in [0.2, 0.25) is 0 Å². The van der Waals surface area contributed by atoms with Gasteiger partial charge >= 0.3 is 11.9 Å². The van der Waals surface area contributed by atoms with Gasteiger partial charge in [-0.25, -0.2) is 4.79 Å². The number of hydrogen-bond acceptors (Lipinski definition) is 7. The van der Waals surface area contributed by atoms with Crippen molar-refractivity contribution in [3.05, 3.63) is 35.5 Å². The van der Waals surface area contributed by atoms with E-state index in [1.54, 1.807) is 32.2 Å². The van der Waals surface area contributed by atoms with Crippen molar-refractivity contribution in [2.24, 2.45) is 10.4 Å². The summed E-state index contributed by atoms with van der Waals surface area (Å²) in [5.41, 5.74) is 2.70. The zero-order chi connectivity index (χ0) is 20.7. The summed E-state index contributed by atoms with van der Waals surface area (Å²) >= 11 is 0. The first-order valence-electron chi connectivity index (χ1n) is 9.21. The Morgan fingerprint density at radius 1 is 1.21 bits per heavy atom. The summed E-state index contributed by atoms with van der Waals surface area (Å²) in [6, 6.07) is 5.19. The van der Waals surface area contributed by atoms with Gasteiger partial charge in [-0.05, 0) is 49.5 Å². The fraction of sp³-hybridized carbons (Fsp3) is 0.476. The van der Waals surface area contributed by atoms with E-state index >= 15 is 0 Å². The van der Waals surface area contributed by atoms with Crippen molar-refractivity contribution >= 4 is 23.3 Å². The van der Waals surface area contributed by atoms with Gasteiger partial charge in [-0.1, -0.05) is 13.8 Å². The minimum atomic E-state index is -0.451. The summed E-state index contributed by atoms with van der Waals surface area (Å²) in [5, 5.41) is 3.32. The van der Waals surface area contributed by atoms with Crippen molar-refractivity contribution in [3.63, 3.8) is 0 Å². The molecule has 1 aliphatic carbocycles. The van der Waals surface area contributed by atoms with Crippen molar-refractivity contribution in [1.29, 1.82) is 0 Å². The first kappa shape index (κ1) is 21.5. The Morgan fingerprint density at radius 2 is 1.96 bits per heavy atom. The molecule has 7 nitrogen and oxygen atoms in total. The lowest BCUT2D eigenvalue weighted by atomic mass is 9.78. The van der Waals surface area contributed by atoms with Crippen LogP contribution in [0.15, 0.2) is 35.0 Å². The monoisotopic (exact) mass is 388 g/mol. The minimum Gasteiger partial charge on any atom is -0.497 e. The minimum absolute atomic E-state index is 0.00101. The largest absolute Gasteiger partial charge is 0.497 e. The smallest absolute Gasteiger partial charge is 0.340 e. The molecule has 0 unspecified atom stereocenters. The molecule has 0 spiro atoms. The number of hydrogen-bond donors (Lipinski definition) is 1. The van der Waals surface area contributed by atoms with E-state index in [9.17, 15) is 9.59 Å². The molecule has 1 aromatic carbocycles. The molecule has 0 bridgehead atoms. The fourth-order valence-corrected chi connectivity index (χ4v) is 3.14. The van der Waals surface area contributed by atoms with E-state index in [2.05, 4.69) is 24.2 Å². The highest BCUT2D eigenvalue weighted by Crippen LogP contribution is 2.35. The first-order valence-corrected chi connectivity index (χ1v) is 9.21. The van der Waals surface area contributed by atoms with Crippen LogP contribution in [0.3, 0.4) is 0 Å². The Bertz CT molecular complexity index is 796. The number of methoxy groups -OCH3 is 2. The van der Waals surface area contributed by atoms with E-state index in [-0.39, 0.29) is 17.9 Å². The molecule has 7 heteroatoms. The molecular formula is C21H28N2O5. The summed E-state index contributed by atoms with van der Waals surface area (Å²) in [6.07, 6.45) is 3.46. The van der Waals surface area contributed by atoms with Gasteiger partial charge in [-0.3, -0.25) is 9.79 Å². The molecule has 0 amide bonds. The third kappa shape index (κ3) is 5.84. The molecule has 152 valence electrons. The van der Waals surface area contributed by atoms with Gasteiger partial charge in [0, 0.05) is 11.4 Å². The molecule has 0 saturated heterocycles. The average molecular weight is 388 g/mol. The van der Waals surface area contributed by atoms with Gasteiger partial charge in [-0.15, -0.1) is 0 Å². The first-order chi connectivity index (χ1) is 13.3. The zero-order valence-electron chi connectivity index (χ0n) is 17.1. The van der Waals surface area contributed by atoms with Crippen molar-refractivity contribution < 1.29 is 23.8 Å². The molecule has 0 aliphatic heterocycles. The predicted molar refractivity (Wildman–Crippen MR) is 108 cm³/mol. The second kappa shape index (κ2) is 9.39.